The predicted octanol–water partition coefficient (Wildman–Crippen LogP) is 3.03. The van der Waals surface area contributed by atoms with E-state index < -0.39 is 0 Å². The molecule has 7 heteroatoms. The van der Waals surface area contributed by atoms with Gasteiger partial charge in [0.25, 0.3) is 5.91 Å². The number of aromatic nitrogens is 2. The highest BCUT2D eigenvalue weighted by molar-refractivity contribution is 5.93. The van der Waals surface area contributed by atoms with Crippen molar-refractivity contribution in [2.24, 2.45) is 0 Å². The van der Waals surface area contributed by atoms with Gasteiger partial charge in [-0.05, 0) is 49.5 Å². The number of amides is 1. The molecule has 3 aromatic rings. The summed E-state index contributed by atoms with van der Waals surface area (Å²) < 4.78 is 6.33. The van der Waals surface area contributed by atoms with Gasteiger partial charge in [0.2, 0.25) is 0 Å². The Balaban J connectivity index is 1.53. The van der Waals surface area contributed by atoms with Gasteiger partial charge in [-0.25, -0.2) is 0 Å². The largest absolute Gasteiger partial charge is 0.508 e. The van der Waals surface area contributed by atoms with Crippen molar-refractivity contribution in [1.82, 2.24) is 20.0 Å². The van der Waals surface area contributed by atoms with E-state index in [0.717, 1.165) is 34.2 Å². The lowest BCUT2D eigenvalue weighted by atomic mass is 10.0. The van der Waals surface area contributed by atoms with E-state index in [1.165, 1.54) is 0 Å². The van der Waals surface area contributed by atoms with E-state index in [0.29, 0.717) is 25.2 Å². The summed E-state index contributed by atoms with van der Waals surface area (Å²) in [6.45, 7) is 5.67. The van der Waals surface area contributed by atoms with Crippen LogP contribution in [0.15, 0.2) is 54.7 Å². The molecule has 1 fully saturated rings. The summed E-state index contributed by atoms with van der Waals surface area (Å²) in [7, 11) is 3.84. The minimum atomic E-state index is -0.0886. The lowest BCUT2D eigenvalue weighted by molar-refractivity contribution is -0.126. The number of rotatable bonds is 6. The predicted molar refractivity (Wildman–Crippen MR) is 117 cm³/mol. The number of nitrogens with one attached hydrogen (secondary N) is 1. The third-order valence-corrected chi connectivity index (χ3v) is 5.26. The lowest BCUT2D eigenvalue weighted by Crippen LogP contribution is -2.34. The Hall–Kier alpha value is -3.32. The Kier molecular flexibility index (Phi) is 5.46. The van der Waals surface area contributed by atoms with Gasteiger partial charge in [-0.1, -0.05) is 18.7 Å². The first-order valence-electron chi connectivity index (χ1n) is 9.95. The van der Waals surface area contributed by atoms with E-state index in [9.17, 15) is 9.90 Å². The molecule has 0 bridgehead atoms. The summed E-state index contributed by atoms with van der Waals surface area (Å²) in [5.74, 6) is 0.946. The molecule has 7 nitrogen and oxygen atoms in total. The van der Waals surface area contributed by atoms with Crippen LogP contribution in [0.3, 0.4) is 0 Å². The minimum Gasteiger partial charge on any atom is -0.508 e. The summed E-state index contributed by atoms with van der Waals surface area (Å²) in [5.41, 5.74) is 3.40. The van der Waals surface area contributed by atoms with Crippen LogP contribution in [0.1, 0.15) is 6.42 Å². The van der Waals surface area contributed by atoms with Crippen molar-refractivity contribution < 1.29 is 14.6 Å². The summed E-state index contributed by atoms with van der Waals surface area (Å²) in [6, 6.07) is 11.0. The minimum absolute atomic E-state index is 0.0129. The van der Waals surface area contributed by atoms with Crippen molar-refractivity contribution in [2.45, 2.75) is 12.5 Å². The van der Waals surface area contributed by atoms with Crippen LogP contribution < -0.4 is 4.74 Å². The number of aromatic amines is 1. The molecule has 1 saturated heterocycles. The van der Waals surface area contributed by atoms with Crippen molar-refractivity contribution in [3.63, 3.8) is 0 Å². The molecule has 0 radical (unpaired) electrons. The zero-order valence-corrected chi connectivity index (χ0v) is 17.3. The molecule has 2 heterocycles. The Morgan fingerprint density at radius 2 is 2.07 bits per heavy atom. The highest BCUT2D eigenvalue weighted by Gasteiger charge is 2.29. The number of hydrogen-bond donors (Lipinski definition) is 2. The Morgan fingerprint density at radius 3 is 2.80 bits per heavy atom. The number of phenols is 1. The maximum absolute atomic E-state index is 12.6. The third kappa shape index (κ3) is 4.16. The van der Waals surface area contributed by atoms with Gasteiger partial charge in [-0.15, -0.1) is 0 Å². The molecule has 1 amide bonds. The first kappa shape index (κ1) is 20.0. The fourth-order valence-electron chi connectivity index (χ4n) is 3.80. The van der Waals surface area contributed by atoms with Gasteiger partial charge in [-0.3, -0.25) is 9.89 Å². The van der Waals surface area contributed by atoms with E-state index in [1.807, 2.05) is 48.2 Å². The monoisotopic (exact) mass is 406 g/mol. The van der Waals surface area contributed by atoms with Crippen LogP contribution in [0.2, 0.25) is 0 Å². The molecular formula is C23H26N4O3. The normalized spacial score (nSPS) is 16.4. The van der Waals surface area contributed by atoms with Gasteiger partial charge in [0, 0.05) is 25.1 Å². The molecule has 0 spiro atoms. The molecule has 2 aromatic carbocycles. The van der Waals surface area contributed by atoms with E-state index in [4.69, 9.17) is 4.74 Å². The molecule has 156 valence electrons. The van der Waals surface area contributed by atoms with Crippen LogP contribution in [0.5, 0.6) is 11.5 Å². The van der Waals surface area contributed by atoms with Crippen LogP contribution >= 0.6 is 0 Å². The number of phenolic OH excluding ortho intramolecular Hbond substituents is 1. The topological polar surface area (TPSA) is 81.7 Å². The number of ether oxygens (including phenoxy) is 1. The van der Waals surface area contributed by atoms with E-state index in [1.54, 1.807) is 18.3 Å². The van der Waals surface area contributed by atoms with Crippen molar-refractivity contribution >= 4 is 16.8 Å². The lowest BCUT2D eigenvalue weighted by Gasteiger charge is -2.20. The molecule has 0 saturated carbocycles. The quantitative estimate of drug-likeness (QED) is 0.615. The first-order valence-corrected chi connectivity index (χ1v) is 9.95. The highest BCUT2D eigenvalue weighted by atomic mass is 16.5. The van der Waals surface area contributed by atoms with E-state index in [-0.39, 0.29) is 17.8 Å². The van der Waals surface area contributed by atoms with Gasteiger partial charge in [-0.2, -0.15) is 5.10 Å². The molecule has 1 aromatic heterocycles. The summed E-state index contributed by atoms with van der Waals surface area (Å²) >= 11 is 0. The number of H-pyrrole nitrogens is 1. The highest BCUT2D eigenvalue weighted by Crippen LogP contribution is 2.33. The number of carbonyl (C=O) groups is 1. The molecule has 2 N–H and O–H groups in total. The molecule has 4 rings (SSSR count). The van der Waals surface area contributed by atoms with Gasteiger partial charge >= 0.3 is 0 Å². The third-order valence-electron chi connectivity index (χ3n) is 5.26. The first-order chi connectivity index (χ1) is 14.4. The number of hydrogen-bond acceptors (Lipinski definition) is 5. The number of likely N-dealkylation sites (N-methyl/N-ethyl adjacent to an activating group) is 1. The van der Waals surface area contributed by atoms with Crippen LogP contribution in [0.4, 0.5) is 0 Å². The van der Waals surface area contributed by atoms with E-state index in [2.05, 4.69) is 16.8 Å². The zero-order valence-electron chi connectivity index (χ0n) is 17.3. The molecule has 30 heavy (non-hydrogen) atoms. The smallest absolute Gasteiger partial charge is 0.250 e. The van der Waals surface area contributed by atoms with Crippen molar-refractivity contribution in [3.05, 3.63) is 54.7 Å². The average Bonchev–Trinajstić information content (AvgIpc) is 3.37. The SMILES string of the molecule is C=C(CN(C)C)C(=O)N1CCC(Oc2cc(-c3ccc(O)cc3)cc3[nH]ncc23)C1. The second kappa shape index (κ2) is 8.20. The molecule has 1 aliphatic rings. The van der Waals surface area contributed by atoms with Crippen molar-refractivity contribution in [2.75, 3.05) is 33.7 Å². The second-order valence-electron chi connectivity index (χ2n) is 7.97. The molecule has 0 aliphatic carbocycles. The molecule has 1 atom stereocenters. The number of benzene rings is 2. The number of likely N-dealkylation sites (tertiary alicyclic amines) is 1. The Labute approximate surface area is 175 Å². The maximum Gasteiger partial charge on any atom is 0.250 e. The van der Waals surface area contributed by atoms with Gasteiger partial charge in [0.1, 0.15) is 17.6 Å². The summed E-state index contributed by atoms with van der Waals surface area (Å²) in [6.07, 6.45) is 2.43. The number of nitrogens with zero attached hydrogens (tertiary/aromatic N) is 3. The van der Waals surface area contributed by atoms with Gasteiger partial charge < -0.3 is 19.6 Å². The Morgan fingerprint density at radius 1 is 1.30 bits per heavy atom. The zero-order chi connectivity index (χ0) is 21.3. The van der Waals surface area contributed by atoms with Crippen LogP contribution in [0.25, 0.3) is 22.0 Å². The average molecular weight is 406 g/mol. The van der Waals surface area contributed by atoms with E-state index >= 15 is 0 Å². The summed E-state index contributed by atoms with van der Waals surface area (Å²) in [4.78, 5) is 16.4. The molecule has 1 unspecified atom stereocenters. The van der Waals surface area contributed by atoms with Gasteiger partial charge in [0.05, 0.1) is 23.6 Å². The number of fused-ring (bicyclic) bond motifs is 1. The number of aromatic hydroxyl groups is 1. The van der Waals surface area contributed by atoms with Crippen LogP contribution in [-0.2, 0) is 4.79 Å². The summed E-state index contributed by atoms with van der Waals surface area (Å²) in [5, 5.41) is 17.6. The Bertz CT molecular complexity index is 1070. The van der Waals surface area contributed by atoms with Crippen LogP contribution in [0, 0.1) is 0 Å². The van der Waals surface area contributed by atoms with Crippen LogP contribution in [-0.4, -0.2) is 70.8 Å². The molecule has 1 aliphatic heterocycles. The standard InChI is InChI=1S/C23H26N4O3/c1-15(13-26(2)3)23(29)27-9-8-19(14-27)30-22-11-17(10-21-20(22)12-24-25-21)16-4-6-18(28)7-5-16/h4-7,10-12,19,28H,1,8-9,13-14H2,2-3H3,(H,24,25). The van der Waals surface area contributed by atoms with Crippen molar-refractivity contribution in [3.8, 4) is 22.6 Å². The van der Waals surface area contributed by atoms with Crippen molar-refractivity contribution in [1.29, 1.82) is 0 Å². The fourth-order valence-corrected chi connectivity index (χ4v) is 3.80. The molecular weight excluding hydrogens is 380 g/mol. The maximum atomic E-state index is 12.6. The fraction of sp³-hybridized carbons (Fsp3) is 0.304. The number of carbonyl (C=O) groups excluding carboxylic acids is 1. The van der Waals surface area contributed by atoms with Gasteiger partial charge in [0.15, 0.2) is 0 Å². The second-order valence-corrected chi connectivity index (χ2v) is 7.97.